The van der Waals surface area contributed by atoms with E-state index in [1.54, 1.807) is 43.3 Å². The van der Waals surface area contributed by atoms with Gasteiger partial charge in [-0.1, -0.05) is 90.0 Å². The van der Waals surface area contributed by atoms with E-state index in [2.05, 4.69) is 5.32 Å². The molecule has 31 heavy (non-hydrogen) atoms. The number of aryl methyl sites for hydroxylation is 2. The van der Waals surface area contributed by atoms with Crippen LogP contribution in [0.5, 0.6) is 0 Å². The number of ketones is 1. The van der Waals surface area contributed by atoms with Crippen LogP contribution in [0.3, 0.4) is 0 Å². The van der Waals surface area contributed by atoms with Crippen molar-refractivity contribution in [2.24, 2.45) is 0 Å². The number of imide groups is 1. The molecule has 1 N–H and O–H groups in total. The molecule has 3 aromatic carbocycles. The van der Waals surface area contributed by atoms with E-state index in [9.17, 15) is 14.4 Å². The first kappa shape index (κ1) is 20.5. The Morgan fingerprint density at radius 1 is 0.839 bits per heavy atom. The van der Waals surface area contributed by atoms with Crippen LogP contribution in [0, 0.1) is 13.8 Å². The number of nitrogens with zero attached hydrogens (tertiary/aromatic N) is 1. The summed E-state index contributed by atoms with van der Waals surface area (Å²) in [5.41, 5.74) is 2.52. The Labute approximate surface area is 181 Å². The number of rotatable bonds is 5. The maximum atomic E-state index is 13.6. The monoisotopic (exact) mass is 412 g/mol. The van der Waals surface area contributed by atoms with E-state index in [1.165, 1.54) is 0 Å². The van der Waals surface area contributed by atoms with Gasteiger partial charge in [0.1, 0.15) is 11.6 Å². The predicted molar refractivity (Wildman–Crippen MR) is 119 cm³/mol. The highest BCUT2D eigenvalue weighted by atomic mass is 16.2. The molecule has 0 spiro atoms. The molecule has 0 unspecified atom stereocenters. The van der Waals surface area contributed by atoms with Gasteiger partial charge in [0, 0.05) is 5.56 Å². The molecule has 1 saturated heterocycles. The first-order valence-electron chi connectivity index (χ1n) is 10.2. The quantitative estimate of drug-likeness (QED) is 0.488. The Hall–Kier alpha value is -3.73. The van der Waals surface area contributed by atoms with E-state index in [4.69, 9.17) is 0 Å². The Balaban J connectivity index is 1.80. The van der Waals surface area contributed by atoms with Crippen LogP contribution in [0.2, 0.25) is 0 Å². The highest BCUT2D eigenvalue weighted by Gasteiger charge is 2.53. The average molecular weight is 412 g/mol. The third-order valence-corrected chi connectivity index (χ3v) is 5.81. The van der Waals surface area contributed by atoms with Crippen molar-refractivity contribution in [3.8, 4) is 0 Å². The summed E-state index contributed by atoms with van der Waals surface area (Å²) >= 11 is 0. The van der Waals surface area contributed by atoms with Gasteiger partial charge in [0.2, 0.25) is 0 Å². The summed E-state index contributed by atoms with van der Waals surface area (Å²) in [7, 11) is 0. The second kappa shape index (κ2) is 7.84. The molecule has 1 aliphatic rings. The van der Waals surface area contributed by atoms with Crippen molar-refractivity contribution in [2.75, 3.05) is 0 Å². The van der Waals surface area contributed by atoms with Crippen molar-refractivity contribution in [2.45, 2.75) is 32.4 Å². The number of Topliss-reactive ketones (excluding diaryl/α,β-unsaturated/α-hetero) is 1. The summed E-state index contributed by atoms with van der Waals surface area (Å²) in [4.78, 5) is 41.3. The Kier molecular flexibility index (Phi) is 5.19. The Morgan fingerprint density at radius 3 is 1.97 bits per heavy atom. The molecular formula is C26H24N2O3. The second-order valence-corrected chi connectivity index (χ2v) is 8.14. The molecule has 0 aliphatic carbocycles. The Morgan fingerprint density at radius 2 is 1.39 bits per heavy atom. The van der Waals surface area contributed by atoms with Crippen molar-refractivity contribution < 1.29 is 14.4 Å². The van der Waals surface area contributed by atoms with Gasteiger partial charge in [-0.05, 0) is 31.9 Å². The van der Waals surface area contributed by atoms with Gasteiger partial charge in [0.15, 0.2) is 5.78 Å². The second-order valence-electron chi connectivity index (χ2n) is 8.14. The standard InChI is InChI=1S/C26H24N2O3/c1-17-9-13-19(14-10-17)22(23(29)20-15-11-18(2)12-16-20)28-24(30)26(3,27-25(28)31)21-7-5-4-6-8-21/h4-16,22H,1-3H3,(H,27,31)/t22-,26+/m0/s1. The van der Waals surface area contributed by atoms with Crippen molar-refractivity contribution in [1.82, 2.24) is 10.2 Å². The fourth-order valence-electron chi connectivity index (χ4n) is 3.90. The van der Waals surface area contributed by atoms with E-state index in [0.29, 0.717) is 16.7 Å². The number of nitrogens with one attached hydrogen (secondary N) is 1. The molecule has 5 heteroatoms. The lowest BCUT2D eigenvalue weighted by Crippen LogP contribution is -2.42. The molecular weight excluding hydrogens is 388 g/mol. The van der Waals surface area contributed by atoms with Gasteiger partial charge in [-0.15, -0.1) is 0 Å². The van der Waals surface area contributed by atoms with E-state index >= 15 is 0 Å². The molecule has 3 aromatic rings. The highest BCUT2D eigenvalue weighted by Crippen LogP contribution is 2.36. The lowest BCUT2D eigenvalue weighted by molar-refractivity contribution is -0.132. The molecule has 4 rings (SSSR count). The lowest BCUT2D eigenvalue weighted by Gasteiger charge is -2.27. The minimum absolute atomic E-state index is 0.301. The van der Waals surface area contributed by atoms with E-state index in [-0.39, 0.29) is 5.78 Å². The van der Waals surface area contributed by atoms with Crippen LogP contribution in [0.25, 0.3) is 0 Å². The van der Waals surface area contributed by atoms with Crippen LogP contribution >= 0.6 is 0 Å². The van der Waals surface area contributed by atoms with Gasteiger partial charge in [0.05, 0.1) is 0 Å². The van der Waals surface area contributed by atoms with Crippen LogP contribution < -0.4 is 5.32 Å². The largest absolute Gasteiger partial charge is 0.326 e. The molecule has 0 radical (unpaired) electrons. The first-order valence-corrected chi connectivity index (χ1v) is 10.2. The summed E-state index contributed by atoms with van der Waals surface area (Å²) in [6.07, 6.45) is 0. The van der Waals surface area contributed by atoms with E-state index in [0.717, 1.165) is 16.0 Å². The van der Waals surface area contributed by atoms with Gasteiger partial charge < -0.3 is 5.32 Å². The molecule has 1 fully saturated rings. The number of carbonyl (C=O) groups is 3. The van der Waals surface area contributed by atoms with Gasteiger partial charge in [-0.2, -0.15) is 0 Å². The fraction of sp³-hybridized carbons (Fsp3) is 0.192. The molecule has 2 atom stereocenters. The first-order chi connectivity index (χ1) is 14.8. The van der Waals surface area contributed by atoms with Crippen molar-refractivity contribution in [3.05, 3.63) is 107 Å². The summed E-state index contributed by atoms with van der Waals surface area (Å²) in [6.45, 7) is 5.56. The molecule has 0 bridgehead atoms. The molecule has 1 aliphatic heterocycles. The fourth-order valence-corrected chi connectivity index (χ4v) is 3.90. The van der Waals surface area contributed by atoms with Crippen molar-refractivity contribution in [1.29, 1.82) is 0 Å². The van der Waals surface area contributed by atoms with Crippen molar-refractivity contribution >= 4 is 17.7 Å². The summed E-state index contributed by atoms with van der Waals surface area (Å²) in [5.74, 6) is -0.751. The van der Waals surface area contributed by atoms with Gasteiger partial charge in [-0.3, -0.25) is 9.59 Å². The van der Waals surface area contributed by atoms with Crippen LogP contribution in [-0.4, -0.2) is 22.6 Å². The molecule has 0 saturated carbocycles. The SMILES string of the molecule is Cc1ccc(C(=O)[C@H](c2ccc(C)cc2)N2C(=O)N[C@](C)(c3ccccc3)C2=O)cc1. The smallest absolute Gasteiger partial charge is 0.319 e. The molecule has 156 valence electrons. The van der Waals surface area contributed by atoms with Gasteiger partial charge in [0.25, 0.3) is 5.91 Å². The zero-order chi connectivity index (χ0) is 22.2. The molecule has 5 nitrogen and oxygen atoms in total. The van der Waals surface area contributed by atoms with Crippen LogP contribution in [0.15, 0.2) is 78.9 Å². The van der Waals surface area contributed by atoms with Crippen molar-refractivity contribution in [3.63, 3.8) is 0 Å². The molecule has 0 aromatic heterocycles. The van der Waals surface area contributed by atoms with E-state index in [1.807, 2.05) is 56.3 Å². The lowest BCUT2D eigenvalue weighted by atomic mass is 9.90. The highest BCUT2D eigenvalue weighted by molar-refractivity contribution is 6.12. The maximum Gasteiger partial charge on any atom is 0.326 e. The number of hydrogen-bond donors (Lipinski definition) is 1. The van der Waals surface area contributed by atoms with Crippen LogP contribution in [-0.2, 0) is 10.3 Å². The average Bonchev–Trinajstić information content (AvgIpc) is 3.00. The van der Waals surface area contributed by atoms with Crippen LogP contribution in [0.1, 0.15) is 45.6 Å². The number of urea groups is 1. The van der Waals surface area contributed by atoms with Gasteiger partial charge in [-0.25, -0.2) is 9.69 Å². The van der Waals surface area contributed by atoms with Gasteiger partial charge >= 0.3 is 6.03 Å². The Bertz CT molecular complexity index is 1140. The molecule has 3 amide bonds. The maximum absolute atomic E-state index is 13.6. The summed E-state index contributed by atoms with van der Waals surface area (Å²) in [5, 5.41) is 2.81. The zero-order valence-electron chi connectivity index (χ0n) is 17.8. The van der Waals surface area contributed by atoms with Crippen LogP contribution in [0.4, 0.5) is 4.79 Å². The third-order valence-electron chi connectivity index (χ3n) is 5.81. The summed E-state index contributed by atoms with van der Waals surface area (Å²) in [6, 6.07) is 21.9. The zero-order valence-corrected chi connectivity index (χ0v) is 17.8. The molecule has 1 heterocycles. The topological polar surface area (TPSA) is 66.5 Å². The minimum atomic E-state index is -1.24. The third kappa shape index (κ3) is 3.63. The number of benzene rings is 3. The normalized spacial score (nSPS) is 19.3. The number of hydrogen-bond acceptors (Lipinski definition) is 3. The number of carbonyl (C=O) groups excluding carboxylic acids is 3. The van der Waals surface area contributed by atoms with E-state index < -0.39 is 23.5 Å². The predicted octanol–water partition coefficient (Wildman–Crippen LogP) is 4.69. The minimum Gasteiger partial charge on any atom is -0.319 e. The number of amides is 3. The summed E-state index contributed by atoms with van der Waals surface area (Å²) < 4.78 is 0.